The molecule has 2 heterocycles. The normalized spacial score (nSPS) is 14.5. The number of thioether (sulfide) groups is 1. The summed E-state index contributed by atoms with van der Waals surface area (Å²) in [6, 6.07) is 6.57. The number of anilines is 1. The number of nitrogens with one attached hydrogen (secondary N) is 1. The fraction of sp³-hybridized carbons (Fsp3) is 0.545. The molecule has 1 aliphatic rings. The zero-order valence-corrected chi connectivity index (χ0v) is 20.6. The second kappa shape index (κ2) is 11.3. The first-order chi connectivity index (χ1) is 16.1. The molecule has 1 aliphatic heterocycles. The van der Waals surface area contributed by atoms with E-state index >= 15 is 0 Å². The first kappa shape index (κ1) is 25.5. The number of esters is 1. The van der Waals surface area contributed by atoms with E-state index in [0.29, 0.717) is 54.5 Å². The maximum atomic E-state index is 12.5. The number of hydrogen-bond acceptors (Lipinski definition) is 9. The molecule has 2 aromatic rings. The summed E-state index contributed by atoms with van der Waals surface area (Å²) in [5, 5.41) is 14.6. The Morgan fingerprint density at radius 2 is 1.82 bits per heavy atom. The SMILES string of the molecule is Cn1nnnc1SCCC(=O)Nc1ccc(C(=O)OC2CCN(C(=O)OC(C)(C)C)CC2)cc1. The average molecular weight is 491 g/mol. The van der Waals surface area contributed by atoms with Gasteiger partial charge in [0.2, 0.25) is 11.1 Å². The summed E-state index contributed by atoms with van der Waals surface area (Å²) in [5.74, 6) is -0.0333. The van der Waals surface area contributed by atoms with Crippen molar-refractivity contribution < 1.29 is 23.9 Å². The van der Waals surface area contributed by atoms with Crippen molar-refractivity contribution in [2.45, 2.75) is 56.9 Å². The minimum atomic E-state index is -0.542. The first-order valence-corrected chi connectivity index (χ1v) is 12.0. The van der Waals surface area contributed by atoms with Gasteiger partial charge >= 0.3 is 12.1 Å². The third kappa shape index (κ3) is 7.72. The van der Waals surface area contributed by atoms with Gasteiger partial charge in [-0.3, -0.25) is 4.79 Å². The lowest BCUT2D eigenvalue weighted by atomic mass is 10.1. The van der Waals surface area contributed by atoms with Crippen molar-refractivity contribution in [3.05, 3.63) is 29.8 Å². The highest BCUT2D eigenvalue weighted by Crippen LogP contribution is 2.20. The number of benzene rings is 1. The van der Waals surface area contributed by atoms with Crippen LogP contribution in [0.5, 0.6) is 0 Å². The minimum Gasteiger partial charge on any atom is -0.459 e. The Labute approximate surface area is 202 Å². The van der Waals surface area contributed by atoms with E-state index in [1.54, 1.807) is 40.9 Å². The van der Waals surface area contributed by atoms with Gasteiger partial charge in [0.25, 0.3) is 0 Å². The second-order valence-corrected chi connectivity index (χ2v) is 9.94. The molecule has 1 aromatic carbocycles. The summed E-state index contributed by atoms with van der Waals surface area (Å²) < 4.78 is 12.5. The third-order valence-electron chi connectivity index (χ3n) is 4.91. The summed E-state index contributed by atoms with van der Waals surface area (Å²) in [4.78, 5) is 38.4. The number of piperidine rings is 1. The molecule has 12 heteroatoms. The lowest BCUT2D eigenvalue weighted by Crippen LogP contribution is -2.43. The number of ether oxygens (including phenoxy) is 2. The van der Waals surface area contributed by atoms with Crippen molar-refractivity contribution in [1.82, 2.24) is 25.1 Å². The van der Waals surface area contributed by atoms with Gasteiger partial charge in [0, 0.05) is 50.8 Å². The molecular weight excluding hydrogens is 460 g/mol. The van der Waals surface area contributed by atoms with Crippen LogP contribution in [0, 0.1) is 0 Å². The van der Waals surface area contributed by atoms with Crippen LogP contribution in [0.2, 0.25) is 0 Å². The maximum Gasteiger partial charge on any atom is 0.410 e. The van der Waals surface area contributed by atoms with Crippen LogP contribution < -0.4 is 5.32 Å². The summed E-state index contributed by atoms with van der Waals surface area (Å²) in [7, 11) is 1.74. The van der Waals surface area contributed by atoms with Gasteiger partial charge in [-0.05, 0) is 55.5 Å². The zero-order valence-electron chi connectivity index (χ0n) is 19.8. The summed E-state index contributed by atoms with van der Waals surface area (Å²) in [6.45, 7) is 6.44. The van der Waals surface area contributed by atoms with E-state index in [9.17, 15) is 14.4 Å². The maximum absolute atomic E-state index is 12.5. The molecular formula is C22H30N6O5S. The topological polar surface area (TPSA) is 129 Å². The van der Waals surface area contributed by atoms with Crippen LogP contribution in [0.1, 0.15) is 50.4 Å². The summed E-state index contributed by atoms with van der Waals surface area (Å²) >= 11 is 1.40. The fourth-order valence-electron chi connectivity index (χ4n) is 3.19. The number of aromatic nitrogens is 4. The number of tetrazole rings is 1. The Morgan fingerprint density at radius 1 is 1.15 bits per heavy atom. The van der Waals surface area contributed by atoms with E-state index in [4.69, 9.17) is 9.47 Å². The van der Waals surface area contributed by atoms with Gasteiger partial charge in [0.05, 0.1) is 5.56 Å². The van der Waals surface area contributed by atoms with E-state index in [-0.39, 0.29) is 18.1 Å². The molecule has 0 unspecified atom stereocenters. The van der Waals surface area contributed by atoms with Crippen LogP contribution in [-0.2, 0) is 21.3 Å². The van der Waals surface area contributed by atoms with E-state index in [1.165, 1.54) is 11.8 Å². The van der Waals surface area contributed by atoms with Gasteiger partial charge in [-0.25, -0.2) is 14.3 Å². The monoisotopic (exact) mass is 490 g/mol. The molecule has 1 fully saturated rings. The fourth-order valence-corrected chi connectivity index (χ4v) is 3.98. The predicted octanol–water partition coefficient (Wildman–Crippen LogP) is 2.89. The highest BCUT2D eigenvalue weighted by Gasteiger charge is 2.28. The lowest BCUT2D eigenvalue weighted by Gasteiger charge is -2.33. The van der Waals surface area contributed by atoms with Crippen LogP contribution >= 0.6 is 11.8 Å². The molecule has 0 aliphatic carbocycles. The second-order valence-electron chi connectivity index (χ2n) is 8.88. The highest BCUT2D eigenvalue weighted by molar-refractivity contribution is 7.99. The number of hydrogen-bond donors (Lipinski definition) is 1. The van der Waals surface area contributed by atoms with Crippen molar-refractivity contribution in [2.75, 3.05) is 24.2 Å². The molecule has 11 nitrogen and oxygen atoms in total. The van der Waals surface area contributed by atoms with Gasteiger partial charge < -0.3 is 19.7 Å². The van der Waals surface area contributed by atoms with Crippen LogP contribution in [0.15, 0.2) is 29.4 Å². The van der Waals surface area contributed by atoms with E-state index < -0.39 is 11.6 Å². The minimum absolute atomic E-state index is 0.144. The van der Waals surface area contributed by atoms with Crippen molar-refractivity contribution in [3.63, 3.8) is 0 Å². The Balaban J connectivity index is 1.39. The molecule has 0 radical (unpaired) electrons. The number of aryl methyl sites for hydroxylation is 1. The first-order valence-electron chi connectivity index (χ1n) is 11.0. The van der Waals surface area contributed by atoms with E-state index in [1.807, 2.05) is 20.8 Å². The molecule has 0 saturated carbocycles. The Morgan fingerprint density at radius 3 is 2.41 bits per heavy atom. The van der Waals surface area contributed by atoms with Crippen LogP contribution in [-0.4, -0.2) is 73.6 Å². The number of nitrogens with zero attached hydrogens (tertiary/aromatic N) is 5. The molecule has 1 N–H and O–H groups in total. The van der Waals surface area contributed by atoms with Gasteiger partial charge in [-0.15, -0.1) is 5.10 Å². The molecule has 0 atom stereocenters. The molecule has 2 amide bonds. The standard InChI is InChI=1S/C22H30N6O5S/c1-22(2,3)33-21(31)28-12-9-17(10-13-28)32-19(30)15-5-7-16(8-6-15)23-18(29)11-14-34-20-24-25-26-27(20)4/h5-8,17H,9-14H2,1-4H3,(H,23,29). The smallest absolute Gasteiger partial charge is 0.410 e. The molecule has 184 valence electrons. The largest absolute Gasteiger partial charge is 0.459 e. The lowest BCUT2D eigenvalue weighted by molar-refractivity contribution is -0.115. The average Bonchev–Trinajstić information content (AvgIpc) is 3.18. The van der Waals surface area contributed by atoms with Crippen LogP contribution in [0.25, 0.3) is 0 Å². The Kier molecular flexibility index (Phi) is 8.48. The van der Waals surface area contributed by atoms with Crippen molar-refractivity contribution in [1.29, 1.82) is 0 Å². The van der Waals surface area contributed by atoms with E-state index in [0.717, 1.165) is 0 Å². The quantitative estimate of drug-likeness (QED) is 0.460. The van der Waals surface area contributed by atoms with Gasteiger partial charge in [0.1, 0.15) is 11.7 Å². The van der Waals surface area contributed by atoms with Gasteiger partial charge in [-0.1, -0.05) is 11.8 Å². The van der Waals surface area contributed by atoms with Crippen LogP contribution in [0.3, 0.4) is 0 Å². The van der Waals surface area contributed by atoms with E-state index in [2.05, 4.69) is 20.8 Å². The summed E-state index contributed by atoms with van der Waals surface area (Å²) in [5.41, 5.74) is 0.454. The molecule has 0 bridgehead atoms. The van der Waals surface area contributed by atoms with Crippen LogP contribution in [0.4, 0.5) is 10.5 Å². The Hall–Kier alpha value is -3.15. The zero-order chi connectivity index (χ0) is 24.7. The van der Waals surface area contributed by atoms with Crippen molar-refractivity contribution in [3.8, 4) is 0 Å². The van der Waals surface area contributed by atoms with Gasteiger partial charge in [0.15, 0.2) is 0 Å². The third-order valence-corrected chi connectivity index (χ3v) is 5.93. The Bertz CT molecular complexity index is 996. The number of likely N-dealkylation sites (tertiary alicyclic amines) is 1. The number of carbonyl (C=O) groups is 3. The van der Waals surface area contributed by atoms with Gasteiger partial charge in [-0.2, -0.15) is 0 Å². The van der Waals surface area contributed by atoms with Crippen molar-refractivity contribution >= 4 is 35.4 Å². The molecule has 1 aromatic heterocycles. The molecule has 3 rings (SSSR count). The highest BCUT2D eigenvalue weighted by atomic mass is 32.2. The number of carbonyl (C=O) groups excluding carboxylic acids is 3. The summed E-state index contributed by atoms with van der Waals surface area (Å²) in [6.07, 6.45) is 0.804. The molecule has 1 saturated heterocycles. The predicted molar refractivity (Wildman–Crippen MR) is 125 cm³/mol. The molecule has 0 spiro atoms. The number of rotatable bonds is 7. The molecule has 34 heavy (non-hydrogen) atoms. The number of amides is 2. The van der Waals surface area contributed by atoms with Crippen molar-refractivity contribution in [2.24, 2.45) is 7.05 Å².